The van der Waals surface area contributed by atoms with Crippen molar-refractivity contribution >= 4 is 16.0 Å². The fraction of sp³-hybridized carbons (Fsp3) is 0.500. The van der Waals surface area contributed by atoms with E-state index in [0.29, 0.717) is 32.1 Å². The molecule has 0 radical (unpaired) electrons. The summed E-state index contributed by atoms with van der Waals surface area (Å²) in [5.41, 5.74) is 0.173. The van der Waals surface area contributed by atoms with Crippen LogP contribution in [0.1, 0.15) is 16.2 Å². The van der Waals surface area contributed by atoms with Gasteiger partial charge in [-0.05, 0) is 18.2 Å². The third-order valence-corrected chi connectivity index (χ3v) is 6.50. The van der Waals surface area contributed by atoms with Crippen LogP contribution >= 0.6 is 0 Å². The highest BCUT2D eigenvalue weighted by Crippen LogP contribution is 2.21. The van der Waals surface area contributed by atoms with Crippen molar-refractivity contribution < 1.29 is 27.1 Å². The van der Waals surface area contributed by atoms with Crippen LogP contribution in [0.2, 0.25) is 0 Å². The molecule has 3 heterocycles. The van der Waals surface area contributed by atoms with Crippen molar-refractivity contribution in [2.24, 2.45) is 7.05 Å². The average Bonchev–Trinajstić information content (AvgIpc) is 3.35. The van der Waals surface area contributed by atoms with E-state index in [0.717, 1.165) is 13.1 Å². The van der Waals surface area contributed by atoms with E-state index in [-0.39, 0.29) is 17.1 Å². The number of rotatable bonds is 8. The van der Waals surface area contributed by atoms with Gasteiger partial charge in [-0.3, -0.25) is 4.90 Å². The summed E-state index contributed by atoms with van der Waals surface area (Å²) in [5, 5.41) is 0. The summed E-state index contributed by atoms with van der Waals surface area (Å²) in [4.78, 5) is 14.1. The first-order valence-corrected chi connectivity index (χ1v) is 10.4. The third kappa shape index (κ3) is 4.64. The maximum atomic E-state index is 13.3. The number of hydrogen-bond acceptors (Lipinski definition) is 7. The Morgan fingerprint density at radius 2 is 2.07 bits per heavy atom. The third-order valence-electron chi connectivity index (χ3n) is 4.69. The molecule has 3 rings (SSSR count). The van der Waals surface area contributed by atoms with Gasteiger partial charge in [0, 0.05) is 39.4 Å². The Bertz CT molecular complexity index is 885. The fourth-order valence-corrected chi connectivity index (χ4v) is 4.54. The lowest BCUT2D eigenvalue weighted by molar-refractivity contribution is 0.0360. The summed E-state index contributed by atoms with van der Waals surface area (Å²) in [6.07, 6.45) is 2.94. The number of aromatic nitrogens is 1. The topological polar surface area (TPSA) is 94.2 Å². The van der Waals surface area contributed by atoms with Crippen molar-refractivity contribution in [3.8, 4) is 0 Å². The average molecular weight is 411 g/mol. The lowest BCUT2D eigenvalue weighted by atomic mass is 10.4. The second-order valence-corrected chi connectivity index (χ2v) is 8.47. The number of ether oxygens (including phenoxy) is 2. The van der Waals surface area contributed by atoms with E-state index in [1.165, 1.54) is 34.5 Å². The van der Waals surface area contributed by atoms with Gasteiger partial charge in [-0.1, -0.05) is 0 Å². The molecule has 2 aromatic rings. The number of hydrogen-bond donors (Lipinski definition) is 0. The lowest BCUT2D eigenvalue weighted by Gasteiger charge is -2.29. The molecule has 1 aliphatic rings. The molecule has 0 atom stereocenters. The molecule has 0 unspecified atom stereocenters. The van der Waals surface area contributed by atoms with Crippen LogP contribution in [0.25, 0.3) is 0 Å². The van der Waals surface area contributed by atoms with E-state index in [4.69, 9.17) is 13.9 Å². The highest BCUT2D eigenvalue weighted by molar-refractivity contribution is 7.89. The normalized spacial score (nSPS) is 15.8. The van der Waals surface area contributed by atoms with E-state index < -0.39 is 16.0 Å². The number of furan rings is 1. The molecule has 0 N–H and O–H groups in total. The summed E-state index contributed by atoms with van der Waals surface area (Å²) >= 11 is 0. The molecule has 2 aromatic heterocycles. The number of nitrogens with zero attached hydrogens (tertiary/aromatic N) is 3. The molecule has 154 valence electrons. The van der Waals surface area contributed by atoms with Crippen LogP contribution < -0.4 is 0 Å². The molecule has 9 nitrogen and oxygen atoms in total. The minimum absolute atomic E-state index is 0.0453. The van der Waals surface area contributed by atoms with Crippen LogP contribution in [0, 0.1) is 0 Å². The number of sulfonamides is 1. The number of aryl methyl sites for hydroxylation is 1. The molecule has 0 saturated carbocycles. The predicted octanol–water partition coefficient (Wildman–Crippen LogP) is 0.928. The first-order valence-electron chi connectivity index (χ1n) is 8.99. The zero-order chi connectivity index (χ0) is 20.1. The largest absolute Gasteiger partial charge is 0.468 e. The Labute approximate surface area is 164 Å². The van der Waals surface area contributed by atoms with Gasteiger partial charge in [0.15, 0.2) is 0 Å². The van der Waals surface area contributed by atoms with Crippen molar-refractivity contribution in [3.63, 3.8) is 0 Å². The quantitative estimate of drug-likeness (QED) is 0.597. The summed E-state index contributed by atoms with van der Waals surface area (Å²) in [5.74, 6) is -0.0375. The Morgan fingerprint density at radius 1 is 1.32 bits per heavy atom. The van der Waals surface area contributed by atoms with Gasteiger partial charge >= 0.3 is 5.97 Å². The Kier molecular flexibility index (Phi) is 6.55. The Hall–Kier alpha value is -2.14. The molecule has 10 heteroatoms. The molecule has 0 bridgehead atoms. The standard InChI is InChI=1S/C18H25N3O6S/c1-19-14-16(12-17(19)18(22)25-2)28(23,24)21(13-15-4-3-9-27-15)6-5-20-7-10-26-11-8-20/h3-4,9,12,14H,5-8,10-11,13H2,1-2H3. The molecule has 0 amide bonds. The van der Waals surface area contributed by atoms with Crippen molar-refractivity contribution in [2.75, 3.05) is 46.5 Å². The molecule has 1 aliphatic heterocycles. The molecule has 0 spiro atoms. The van der Waals surface area contributed by atoms with Crippen LogP contribution in [-0.2, 0) is 33.1 Å². The SMILES string of the molecule is COC(=O)c1cc(S(=O)(=O)N(CCN2CCOCC2)Cc2ccco2)cn1C. The van der Waals surface area contributed by atoms with E-state index >= 15 is 0 Å². The van der Waals surface area contributed by atoms with Gasteiger partial charge in [0.05, 0.1) is 33.1 Å². The van der Waals surface area contributed by atoms with Crippen LogP contribution in [0.5, 0.6) is 0 Å². The lowest BCUT2D eigenvalue weighted by Crippen LogP contribution is -2.42. The summed E-state index contributed by atoms with van der Waals surface area (Å²) in [6.45, 7) is 3.82. The second kappa shape index (κ2) is 8.91. The van der Waals surface area contributed by atoms with Crippen LogP contribution in [0.3, 0.4) is 0 Å². The minimum Gasteiger partial charge on any atom is -0.468 e. The number of methoxy groups -OCH3 is 1. The predicted molar refractivity (Wildman–Crippen MR) is 100 cm³/mol. The highest BCUT2D eigenvalue weighted by atomic mass is 32.2. The molecule has 28 heavy (non-hydrogen) atoms. The maximum Gasteiger partial charge on any atom is 0.354 e. The van der Waals surface area contributed by atoms with Crippen LogP contribution in [-0.4, -0.2) is 74.7 Å². The van der Waals surface area contributed by atoms with Gasteiger partial charge in [0.25, 0.3) is 0 Å². The van der Waals surface area contributed by atoms with Gasteiger partial charge in [-0.2, -0.15) is 4.31 Å². The molecule has 1 fully saturated rings. The minimum atomic E-state index is -3.83. The summed E-state index contributed by atoms with van der Waals surface area (Å²) < 4.78 is 44.8. The highest BCUT2D eigenvalue weighted by Gasteiger charge is 2.29. The first kappa shape index (κ1) is 20.6. The van der Waals surface area contributed by atoms with Crippen LogP contribution in [0.4, 0.5) is 0 Å². The molecular formula is C18H25N3O6S. The number of esters is 1. The number of morpholine rings is 1. The molecule has 0 aliphatic carbocycles. The smallest absolute Gasteiger partial charge is 0.354 e. The molecular weight excluding hydrogens is 386 g/mol. The van der Waals surface area contributed by atoms with Gasteiger partial charge in [0.2, 0.25) is 10.0 Å². The summed E-state index contributed by atoms with van der Waals surface area (Å²) in [6, 6.07) is 4.80. The van der Waals surface area contributed by atoms with E-state index in [1.54, 1.807) is 19.2 Å². The van der Waals surface area contributed by atoms with Crippen molar-refractivity contribution in [2.45, 2.75) is 11.4 Å². The first-order chi connectivity index (χ1) is 13.4. The molecule has 1 saturated heterocycles. The zero-order valence-corrected chi connectivity index (χ0v) is 16.9. The number of carbonyl (C=O) groups is 1. The van der Waals surface area contributed by atoms with Crippen molar-refractivity contribution in [1.29, 1.82) is 0 Å². The molecule has 0 aromatic carbocycles. The summed E-state index contributed by atoms with van der Waals surface area (Å²) in [7, 11) is -0.969. The Morgan fingerprint density at radius 3 is 2.71 bits per heavy atom. The van der Waals surface area contributed by atoms with Gasteiger partial charge in [0.1, 0.15) is 16.3 Å². The van der Waals surface area contributed by atoms with E-state index in [1.807, 2.05) is 0 Å². The Balaban J connectivity index is 1.83. The fourth-order valence-electron chi connectivity index (χ4n) is 3.07. The van der Waals surface area contributed by atoms with E-state index in [2.05, 4.69) is 4.90 Å². The van der Waals surface area contributed by atoms with Gasteiger partial charge < -0.3 is 18.5 Å². The maximum absolute atomic E-state index is 13.3. The van der Waals surface area contributed by atoms with Crippen molar-refractivity contribution in [3.05, 3.63) is 42.1 Å². The van der Waals surface area contributed by atoms with Gasteiger partial charge in [-0.15, -0.1) is 0 Å². The van der Waals surface area contributed by atoms with E-state index in [9.17, 15) is 13.2 Å². The number of carbonyl (C=O) groups excluding carboxylic acids is 1. The zero-order valence-electron chi connectivity index (χ0n) is 16.0. The second-order valence-electron chi connectivity index (χ2n) is 6.54. The van der Waals surface area contributed by atoms with Crippen LogP contribution in [0.15, 0.2) is 40.0 Å². The van der Waals surface area contributed by atoms with Gasteiger partial charge in [-0.25, -0.2) is 13.2 Å². The van der Waals surface area contributed by atoms with Crippen molar-refractivity contribution in [1.82, 2.24) is 13.8 Å². The monoisotopic (exact) mass is 411 g/mol.